The molecule has 9 nitrogen and oxygen atoms in total. The lowest BCUT2D eigenvalue weighted by atomic mass is 9.78. The molecule has 2 aliphatic carbocycles. The predicted molar refractivity (Wildman–Crippen MR) is 150 cm³/mol. The fraction of sp³-hybridized carbons (Fsp3) is 0.621. The van der Waals surface area contributed by atoms with Gasteiger partial charge in [0, 0.05) is 40.9 Å². The van der Waals surface area contributed by atoms with Crippen LogP contribution in [0.25, 0.3) is 11.3 Å². The molecule has 1 aliphatic heterocycles. The highest BCUT2D eigenvalue weighted by atomic mass is 32.2. The molecule has 3 fully saturated rings. The van der Waals surface area contributed by atoms with Gasteiger partial charge in [-0.25, -0.2) is 37.5 Å². The third kappa shape index (κ3) is 5.54. The predicted octanol–water partition coefficient (Wildman–Crippen LogP) is 4.11. The number of nitrogens with zero attached hydrogens (tertiary/aromatic N) is 4. The SMILES string of the molecule is CCc1c(C([SH]2C[C@H](O)[C@H](n3cc(-c4cc(F)c(F)c(F)c4)nn3)[C@@H](O)[C@H]2CO)C2(O)CCC(F)(F)CC2)noc1C1CC1. The Bertz CT molecular complexity index is 1480. The van der Waals surface area contributed by atoms with Crippen LogP contribution in [0.5, 0.6) is 0 Å². The summed E-state index contributed by atoms with van der Waals surface area (Å²) in [4.78, 5) is 0. The average molecular weight is 647 g/mol. The molecule has 6 atom stereocenters. The van der Waals surface area contributed by atoms with Crippen LogP contribution in [-0.4, -0.2) is 81.9 Å². The third-order valence-corrected chi connectivity index (χ3v) is 12.8. The van der Waals surface area contributed by atoms with Gasteiger partial charge in [0.05, 0.1) is 35.9 Å². The van der Waals surface area contributed by atoms with Crippen molar-refractivity contribution in [2.24, 2.45) is 0 Å². The highest BCUT2D eigenvalue weighted by Crippen LogP contribution is 2.62. The topological polar surface area (TPSA) is 138 Å². The summed E-state index contributed by atoms with van der Waals surface area (Å²) < 4.78 is 76.6. The van der Waals surface area contributed by atoms with Gasteiger partial charge in [0.2, 0.25) is 5.92 Å². The fourth-order valence-corrected chi connectivity index (χ4v) is 10.5. The normalized spacial score (nSPS) is 29.9. The zero-order valence-corrected chi connectivity index (χ0v) is 24.8. The Kier molecular flexibility index (Phi) is 8.31. The summed E-state index contributed by atoms with van der Waals surface area (Å²) in [6, 6.07) is 0.334. The summed E-state index contributed by atoms with van der Waals surface area (Å²) >= 11 is 0. The zero-order chi connectivity index (χ0) is 31.6. The highest BCUT2D eigenvalue weighted by Gasteiger charge is 2.55. The first-order chi connectivity index (χ1) is 20.9. The van der Waals surface area contributed by atoms with E-state index in [0.29, 0.717) is 17.9 Å². The van der Waals surface area contributed by atoms with Crippen LogP contribution >= 0.6 is 10.9 Å². The highest BCUT2D eigenvalue weighted by molar-refractivity contribution is 8.18. The van der Waals surface area contributed by atoms with Crippen LogP contribution in [0.2, 0.25) is 0 Å². The molecule has 2 unspecified atom stereocenters. The molecule has 2 aromatic heterocycles. The van der Waals surface area contributed by atoms with Gasteiger partial charge in [-0.2, -0.15) is 0 Å². The van der Waals surface area contributed by atoms with E-state index in [0.717, 1.165) is 35.2 Å². The lowest BCUT2D eigenvalue weighted by molar-refractivity contribution is -0.105. The van der Waals surface area contributed by atoms with E-state index in [1.54, 1.807) is 0 Å². The van der Waals surface area contributed by atoms with Gasteiger partial charge in [-0.15, -0.1) is 5.10 Å². The monoisotopic (exact) mass is 646 g/mol. The van der Waals surface area contributed by atoms with Gasteiger partial charge in [0.1, 0.15) is 23.2 Å². The number of rotatable bonds is 8. The summed E-state index contributed by atoms with van der Waals surface area (Å²) in [6.07, 6.45) is -0.682. The van der Waals surface area contributed by atoms with Crippen LogP contribution in [-0.2, 0) is 6.42 Å². The van der Waals surface area contributed by atoms with Crippen LogP contribution in [0.15, 0.2) is 22.9 Å². The van der Waals surface area contributed by atoms with Crippen molar-refractivity contribution in [2.75, 3.05) is 12.4 Å². The largest absolute Gasteiger partial charge is 0.395 e. The Balaban J connectivity index is 1.36. The van der Waals surface area contributed by atoms with Crippen molar-refractivity contribution in [1.82, 2.24) is 20.2 Å². The van der Waals surface area contributed by atoms with E-state index >= 15 is 0 Å². The van der Waals surface area contributed by atoms with Crippen LogP contribution < -0.4 is 0 Å². The quantitative estimate of drug-likeness (QED) is 0.140. The number of benzene rings is 1. The van der Waals surface area contributed by atoms with Gasteiger partial charge < -0.3 is 24.9 Å². The molecule has 0 amide bonds. The minimum atomic E-state index is -2.94. The second kappa shape index (κ2) is 11.6. The molecule has 0 radical (unpaired) electrons. The first-order valence-electron chi connectivity index (χ1n) is 14.8. The van der Waals surface area contributed by atoms with Gasteiger partial charge in [-0.3, -0.25) is 0 Å². The molecule has 242 valence electrons. The molecule has 3 heterocycles. The van der Waals surface area contributed by atoms with Gasteiger partial charge in [-0.1, -0.05) is 17.3 Å². The smallest absolute Gasteiger partial charge is 0.248 e. The van der Waals surface area contributed by atoms with Crippen LogP contribution in [0, 0.1) is 17.5 Å². The molecule has 3 aromatic rings. The molecule has 3 aliphatic rings. The molecule has 1 aromatic carbocycles. The molecule has 6 rings (SSSR count). The molecular formula is C29H35F5N4O5S. The van der Waals surface area contributed by atoms with Gasteiger partial charge >= 0.3 is 0 Å². The van der Waals surface area contributed by atoms with Crippen molar-refractivity contribution in [1.29, 1.82) is 0 Å². The van der Waals surface area contributed by atoms with Gasteiger partial charge in [0.15, 0.2) is 17.5 Å². The molecule has 0 bridgehead atoms. The number of aliphatic hydroxyl groups excluding tert-OH is 3. The molecule has 0 spiro atoms. The van der Waals surface area contributed by atoms with Crippen molar-refractivity contribution in [3.8, 4) is 11.3 Å². The van der Waals surface area contributed by atoms with E-state index < -0.39 is 88.1 Å². The van der Waals surface area contributed by atoms with E-state index in [9.17, 15) is 42.4 Å². The lowest BCUT2D eigenvalue weighted by Gasteiger charge is -2.52. The van der Waals surface area contributed by atoms with Crippen LogP contribution in [0.1, 0.15) is 79.7 Å². The summed E-state index contributed by atoms with van der Waals surface area (Å²) in [5.41, 5.74) is -0.601. The number of alkyl halides is 2. The Labute approximate surface area is 252 Å². The Morgan fingerprint density at radius 1 is 1.09 bits per heavy atom. The fourth-order valence-electron chi connectivity index (χ4n) is 6.83. The van der Waals surface area contributed by atoms with Crippen molar-refractivity contribution in [3.63, 3.8) is 0 Å². The van der Waals surface area contributed by atoms with Crippen LogP contribution in [0.4, 0.5) is 22.0 Å². The number of halogens is 5. The summed E-state index contributed by atoms with van der Waals surface area (Å²) in [6.45, 7) is 1.36. The summed E-state index contributed by atoms with van der Waals surface area (Å²) in [5.74, 6) is -6.55. The molecule has 4 N–H and O–H groups in total. The van der Waals surface area contributed by atoms with Crippen molar-refractivity contribution >= 4 is 10.9 Å². The van der Waals surface area contributed by atoms with Gasteiger partial charge in [-0.05, 0) is 44.2 Å². The maximum atomic E-state index is 14.3. The molecular weight excluding hydrogens is 611 g/mol. The van der Waals surface area contributed by atoms with E-state index in [1.165, 1.54) is 6.20 Å². The number of aromatic nitrogens is 4. The van der Waals surface area contributed by atoms with E-state index in [2.05, 4.69) is 15.5 Å². The number of thiol groups is 1. The van der Waals surface area contributed by atoms with E-state index in [4.69, 9.17) is 4.52 Å². The minimum absolute atomic E-state index is 0.0184. The Morgan fingerprint density at radius 3 is 2.34 bits per heavy atom. The summed E-state index contributed by atoms with van der Waals surface area (Å²) in [5, 5.41) is 56.1. The molecule has 2 saturated carbocycles. The van der Waals surface area contributed by atoms with E-state index in [1.807, 2.05) is 6.92 Å². The maximum absolute atomic E-state index is 14.3. The number of hydrogen-bond acceptors (Lipinski definition) is 8. The van der Waals surface area contributed by atoms with Crippen molar-refractivity contribution < 1.29 is 46.9 Å². The molecule has 15 heteroatoms. The Hall–Kier alpha value is -2.59. The minimum Gasteiger partial charge on any atom is -0.395 e. The summed E-state index contributed by atoms with van der Waals surface area (Å²) in [7, 11) is -1.70. The zero-order valence-electron chi connectivity index (χ0n) is 23.9. The third-order valence-electron chi connectivity index (χ3n) is 9.34. The van der Waals surface area contributed by atoms with Gasteiger partial charge in [0.25, 0.3) is 0 Å². The second-order valence-electron chi connectivity index (χ2n) is 12.2. The number of aliphatic hydroxyl groups is 4. The number of hydrogen-bond donors (Lipinski definition) is 5. The van der Waals surface area contributed by atoms with Crippen LogP contribution in [0.3, 0.4) is 0 Å². The first kappa shape index (κ1) is 31.4. The molecule has 44 heavy (non-hydrogen) atoms. The van der Waals surface area contributed by atoms with Crippen molar-refractivity contribution in [2.45, 2.75) is 98.1 Å². The standard InChI is InChI=1S/C29H35F5N4O5S/c1-2-16-23(36-43-26(16)14-3-4-14)27(28(42)5-7-29(33,34)8-6-28)44-13-20(40)24(25(41)21(44)12-39)38-11-19(35-37-38)15-9-17(30)22(32)18(31)10-15/h9-11,14,20-21,24-25,27,39-42,44H,2-8,12-13H2,1H3/t20-,21+,24-,25-,27?/m0/s1. The Morgan fingerprint density at radius 2 is 1.75 bits per heavy atom. The average Bonchev–Trinajstić information content (AvgIpc) is 3.56. The first-order valence-corrected chi connectivity index (χ1v) is 16.4. The second-order valence-corrected chi connectivity index (χ2v) is 14.8. The maximum Gasteiger partial charge on any atom is 0.248 e. The van der Waals surface area contributed by atoms with Crippen molar-refractivity contribution in [3.05, 3.63) is 52.8 Å². The van der Waals surface area contributed by atoms with E-state index in [-0.39, 0.29) is 35.8 Å². The molecule has 1 saturated heterocycles. The lowest BCUT2D eigenvalue weighted by Crippen LogP contribution is -2.53.